The number of nitrogens with zero attached hydrogens (tertiary/aromatic N) is 2. The summed E-state index contributed by atoms with van der Waals surface area (Å²) < 4.78 is 0. The van der Waals surface area contributed by atoms with E-state index < -0.39 is 11.9 Å². The first-order valence-corrected chi connectivity index (χ1v) is 9.41. The Morgan fingerprint density at radius 2 is 1.41 bits per heavy atom. The highest BCUT2D eigenvalue weighted by atomic mass is 16.4. The molecule has 1 aliphatic heterocycles. The van der Waals surface area contributed by atoms with E-state index in [1.165, 1.54) is 5.56 Å². The molecule has 27 heavy (non-hydrogen) atoms. The molecule has 0 aliphatic carbocycles. The summed E-state index contributed by atoms with van der Waals surface area (Å²) >= 11 is 0. The summed E-state index contributed by atoms with van der Waals surface area (Å²) in [4.78, 5) is 28.6. The van der Waals surface area contributed by atoms with Crippen LogP contribution in [0.1, 0.15) is 22.3 Å². The van der Waals surface area contributed by atoms with Gasteiger partial charge in [-0.25, -0.2) is 0 Å². The van der Waals surface area contributed by atoms with Crippen molar-refractivity contribution in [1.29, 1.82) is 0 Å². The van der Waals surface area contributed by atoms with Gasteiger partial charge in [-0.15, -0.1) is 0 Å². The van der Waals surface area contributed by atoms with Crippen molar-refractivity contribution in [1.82, 2.24) is 9.80 Å². The quantitative estimate of drug-likeness (QED) is 0.728. The van der Waals surface area contributed by atoms with Crippen LogP contribution in [0.25, 0.3) is 0 Å². The predicted molar refractivity (Wildman–Crippen MR) is 105 cm³/mol. The lowest BCUT2D eigenvalue weighted by atomic mass is 9.93. The maximum atomic E-state index is 12.8. The van der Waals surface area contributed by atoms with Gasteiger partial charge in [0.05, 0.1) is 6.42 Å². The van der Waals surface area contributed by atoms with E-state index in [0.29, 0.717) is 12.1 Å². The SMILES string of the molecule is O=C(O)CC(CN1CCN(Cc2ccccc2)CC1)C(=O)c1ccccc1. The first kappa shape index (κ1) is 19.3. The second-order valence-electron chi connectivity index (χ2n) is 7.09. The molecular formula is C22H26N2O3. The zero-order chi connectivity index (χ0) is 19.1. The van der Waals surface area contributed by atoms with E-state index in [1.807, 2.05) is 24.3 Å². The Bertz CT molecular complexity index is 741. The van der Waals surface area contributed by atoms with Crippen LogP contribution >= 0.6 is 0 Å². The molecule has 3 rings (SSSR count). The van der Waals surface area contributed by atoms with Crippen molar-refractivity contribution in [3.63, 3.8) is 0 Å². The summed E-state index contributed by atoms with van der Waals surface area (Å²) in [5.41, 5.74) is 1.89. The number of carbonyl (C=O) groups is 2. The number of piperazine rings is 1. The average molecular weight is 366 g/mol. The third-order valence-electron chi connectivity index (χ3n) is 5.04. The number of carboxylic acids is 1. The van der Waals surface area contributed by atoms with Crippen LogP contribution in [-0.4, -0.2) is 59.4 Å². The number of carbonyl (C=O) groups excluding carboxylic acids is 1. The van der Waals surface area contributed by atoms with E-state index >= 15 is 0 Å². The zero-order valence-corrected chi connectivity index (χ0v) is 15.5. The lowest BCUT2D eigenvalue weighted by molar-refractivity contribution is -0.138. The molecule has 5 nitrogen and oxygen atoms in total. The molecule has 1 aliphatic rings. The molecule has 0 amide bonds. The van der Waals surface area contributed by atoms with Gasteiger partial charge in [-0.2, -0.15) is 0 Å². The highest BCUT2D eigenvalue weighted by Crippen LogP contribution is 2.16. The molecule has 1 unspecified atom stereocenters. The molecule has 0 saturated carbocycles. The van der Waals surface area contributed by atoms with Crippen LogP contribution in [0.3, 0.4) is 0 Å². The molecular weight excluding hydrogens is 340 g/mol. The van der Waals surface area contributed by atoms with Gasteiger partial charge < -0.3 is 10.0 Å². The normalized spacial score (nSPS) is 16.7. The van der Waals surface area contributed by atoms with Crippen LogP contribution in [0.15, 0.2) is 60.7 Å². The van der Waals surface area contributed by atoms with E-state index in [9.17, 15) is 14.7 Å². The lowest BCUT2D eigenvalue weighted by Crippen LogP contribution is -2.48. The van der Waals surface area contributed by atoms with Gasteiger partial charge in [0.15, 0.2) is 5.78 Å². The fourth-order valence-corrected chi connectivity index (χ4v) is 3.57. The molecule has 1 fully saturated rings. The fraction of sp³-hybridized carbons (Fsp3) is 0.364. The minimum absolute atomic E-state index is 0.0790. The molecule has 2 aromatic carbocycles. The average Bonchev–Trinajstić information content (AvgIpc) is 2.69. The number of aliphatic carboxylic acids is 1. The maximum Gasteiger partial charge on any atom is 0.304 e. The van der Waals surface area contributed by atoms with E-state index in [-0.39, 0.29) is 12.2 Å². The summed E-state index contributed by atoms with van der Waals surface area (Å²) in [7, 11) is 0. The molecule has 0 radical (unpaired) electrons. The largest absolute Gasteiger partial charge is 0.481 e. The van der Waals surface area contributed by atoms with Gasteiger partial charge in [-0.05, 0) is 5.56 Å². The van der Waals surface area contributed by atoms with Gasteiger partial charge in [0.1, 0.15) is 0 Å². The van der Waals surface area contributed by atoms with E-state index in [1.54, 1.807) is 12.1 Å². The van der Waals surface area contributed by atoms with Crippen molar-refractivity contribution in [2.75, 3.05) is 32.7 Å². The molecule has 2 aromatic rings. The summed E-state index contributed by atoms with van der Waals surface area (Å²) in [5, 5.41) is 9.24. The molecule has 0 bridgehead atoms. The van der Waals surface area contributed by atoms with Crippen molar-refractivity contribution in [2.24, 2.45) is 5.92 Å². The molecule has 0 aromatic heterocycles. The first-order valence-electron chi connectivity index (χ1n) is 9.41. The summed E-state index contributed by atoms with van der Waals surface area (Å²) in [5.74, 6) is -1.51. The summed E-state index contributed by atoms with van der Waals surface area (Å²) in [6.07, 6.45) is -0.127. The number of hydrogen-bond donors (Lipinski definition) is 1. The van der Waals surface area contributed by atoms with Gasteiger partial charge in [0.25, 0.3) is 0 Å². The smallest absolute Gasteiger partial charge is 0.304 e. The van der Waals surface area contributed by atoms with E-state index in [2.05, 4.69) is 34.1 Å². The zero-order valence-electron chi connectivity index (χ0n) is 15.5. The van der Waals surface area contributed by atoms with E-state index in [0.717, 1.165) is 32.7 Å². The second-order valence-corrected chi connectivity index (χ2v) is 7.09. The van der Waals surface area contributed by atoms with Crippen LogP contribution in [0, 0.1) is 5.92 Å². The Morgan fingerprint density at radius 1 is 0.852 bits per heavy atom. The Morgan fingerprint density at radius 3 is 2.00 bits per heavy atom. The summed E-state index contributed by atoms with van der Waals surface area (Å²) in [6.45, 7) is 4.98. The number of carboxylic acid groups (broad SMARTS) is 1. The molecule has 142 valence electrons. The van der Waals surface area contributed by atoms with Crippen LogP contribution in [0.2, 0.25) is 0 Å². The number of benzene rings is 2. The number of ketones is 1. The van der Waals surface area contributed by atoms with Gasteiger partial charge in [-0.1, -0.05) is 60.7 Å². The van der Waals surface area contributed by atoms with Crippen molar-refractivity contribution < 1.29 is 14.7 Å². The van der Waals surface area contributed by atoms with Crippen LogP contribution in [-0.2, 0) is 11.3 Å². The Kier molecular flexibility index (Phi) is 6.74. The molecule has 1 N–H and O–H groups in total. The minimum atomic E-state index is -0.924. The molecule has 1 atom stereocenters. The van der Waals surface area contributed by atoms with Gasteiger partial charge in [0.2, 0.25) is 0 Å². The summed E-state index contributed by atoms with van der Waals surface area (Å²) in [6, 6.07) is 19.4. The lowest BCUT2D eigenvalue weighted by Gasteiger charge is -2.36. The van der Waals surface area contributed by atoms with Crippen molar-refractivity contribution in [3.8, 4) is 0 Å². The van der Waals surface area contributed by atoms with Crippen LogP contribution in [0.5, 0.6) is 0 Å². The van der Waals surface area contributed by atoms with Crippen molar-refractivity contribution in [3.05, 3.63) is 71.8 Å². The molecule has 0 spiro atoms. The monoisotopic (exact) mass is 366 g/mol. The Balaban J connectivity index is 1.55. The highest BCUT2D eigenvalue weighted by Gasteiger charge is 2.27. The van der Waals surface area contributed by atoms with Gasteiger partial charge in [-0.3, -0.25) is 14.5 Å². The predicted octanol–water partition coefficient (Wildman–Crippen LogP) is 2.78. The first-order chi connectivity index (χ1) is 13.1. The van der Waals surface area contributed by atoms with Crippen LogP contribution in [0.4, 0.5) is 0 Å². The molecule has 1 saturated heterocycles. The Hall–Kier alpha value is -2.50. The highest BCUT2D eigenvalue weighted by molar-refractivity contribution is 5.99. The van der Waals surface area contributed by atoms with Gasteiger partial charge >= 0.3 is 5.97 Å². The van der Waals surface area contributed by atoms with E-state index in [4.69, 9.17) is 0 Å². The molecule has 1 heterocycles. The third kappa shape index (κ3) is 5.74. The molecule has 5 heteroatoms. The van der Waals surface area contributed by atoms with Crippen molar-refractivity contribution in [2.45, 2.75) is 13.0 Å². The fourth-order valence-electron chi connectivity index (χ4n) is 3.57. The number of rotatable bonds is 8. The second kappa shape index (κ2) is 9.44. The minimum Gasteiger partial charge on any atom is -0.481 e. The third-order valence-corrected chi connectivity index (χ3v) is 5.04. The topological polar surface area (TPSA) is 60.9 Å². The number of Topliss-reactive ketones (excluding diaryl/α,β-unsaturated/α-hetero) is 1. The van der Waals surface area contributed by atoms with Crippen molar-refractivity contribution >= 4 is 11.8 Å². The maximum absolute atomic E-state index is 12.8. The van der Waals surface area contributed by atoms with Crippen LogP contribution < -0.4 is 0 Å². The van der Waals surface area contributed by atoms with Gasteiger partial charge in [0, 0.05) is 50.7 Å². The Labute approximate surface area is 160 Å². The standard InChI is InChI=1S/C22H26N2O3/c25-21(26)15-20(22(27)19-9-5-2-6-10-19)17-24-13-11-23(12-14-24)16-18-7-3-1-4-8-18/h1-10,20H,11-17H2,(H,25,26). The number of hydrogen-bond acceptors (Lipinski definition) is 4.